The molecule has 1 aliphatic carbocycles. The van der Waals surface area contributed by atoms with Gasteiger partial charge in [-0.25, -0.2) is 0 Å². The molecule has 3 rings (SSSR count). The third-order valence-corrected chi connectivity index (χ3v) is 5.12. The number of hydrogen-bond donors (Lipinski definition) is 0. The molecular weight excluding hydrogens is 316 g/mol. The van der Waals surface area contributed by atoms with Crippen LogP contribution in [0.25, 0.3) is 0 Å². The van der Waals surface area contributed by atoms with Crippen molar-refractivity contribution >= 4 is 21.8 Å². The van der Waals surface area contributed by atoms with Crippen LogP contribution in [-0.2, 0) is 0 Å². The molecule has 1 saturated carbocycles. The van der Waals surface area contributed by atoms with Gasteiger partial charge >= 0.3 is 0 Å². The number of aromatic nitrogens is 1. The highest BCUT2D eigenvalue weighted by atomic mass is 79.9. The van der Waals surface area contributed by atoms with E-state index in [1.54, 1.807) is 0 Å². The van der Waals surface area contributed by atoms with Crippen molar-refractivity contribution in [1.29, 1.82) is 0 Å². The second kappa shape index (κ2) is 5.92. The summed E-state index contributed by atoms with van der Waals surface area (Å²) >= 11 is 3.52. The minimum atomic E-state index is 0.222. The molecule has 1 aromatic heterocycles. The van der Waals surface area contributed by atoms with E-state index in [0.29, 0.717) is 6.04 Å². The Morgan fingerprint density at radius 2 is 2.10 bits per heavy atom. The zero-order chi connectivity index (χ0) is 14.1. The fourth-order valence-corrected chi connectivity index (χ4v) is 3.65. The van der Waals surface area contributed by atoms with E-state index in [1.807, 2.05) is 6.07 Å². The molecule has 0 bridgehead atoms. The van der Waals surface area contributed by atoms with Gasteiger partial charge in [0, 0.05) is 29.8 Å². The fraction of sp³-hybridized carbons (Fsp3) is 0.688. The second-order valence-corrected chi connectivity index (χ2v) is 7.10. The van der Waals surface area contributed by atoms with Crippen molar-refractivity contribution in [3.63, 3.8) is 0 Å². The Morgan fingerprint density at radius 1 is 1.30 bits per heavy atom. The number of halogens is 1. The second-order valence-electron chi connectivity index (χ2n) is 6.18. The van der Waals surface area contributed by atoms with Crippen LogP contribution in [0.3, 0.4) is 0 Å². The average molecular weight is 339 g/mol. The summed E-state index contributed by atoms with van der Waals surface area (Å²) in [6.07, 6.45) is 9.30. The number of likely N-dealkylation sites (tertiary alicyclic amines) is 1. The van der Waals surface area contributed by atoms with Gasteiger partial charge in [-0.2, -0.15) is 0 Å². The number of nitrogens with zero attached hydrogens (tertiary/aromatic N) is 2. The van der Waals surface area contributed by atoms with Gasteiger partial charge < -0.3 is 9.47 Å². The van der Waals surface area contributed by atoms with Gasteiger partial charge in [0.1, 0.15) is 5.69 Å². The maximum atomic E-state index is 12.8. The van der Waals surface area contributed by atoms with Crippen LogP contribution in [0.1, 0.15) is 62.0 Å². The lowest BCUT2D eigenvalue weighted by Crippen LogP contribution is -2.33. The molecule has 0 aromatic carbocycles. The number of hydrogen-bond acceptors (Lipinski definition) is 1. The lowest BCUT2D eigenvalue weighted by molar-refractivity contribution is 0.0749. The van der Waals surface area contributed by atoms with E-state index >= 15 is 0 Å². The van der Waals surface area contributed by atoms with Gasteiger partial charge in [0.25, 0.3) is 5.91 Å². The van der Waals surface area contributed by atoms with E-state index in [2.05, 4.69) is 38.5 Å². The van der Waals surface area contributed by atoms with Crippen LogP contribution in [0.4, 0.5) is 0 Å². The van der Waals surface area contributed by atoms with Crippen molar-refractivity contribution < 1.29 is 4.79 Å². The Morgan fingerprint density at radius 3 is 2.80 bits per heavy atom. The molecule has 1 atom stereocenters. The Kier molecular flexibility index (Phi) is 4.20. The lowest BCUT2D eigenvalue weighted by atomic mass is 9.98. The van der Waals surface area contributed by atoms with E-state index < -0.39 is 0 Å². The van der Waals surface area contributed by atoms with Crippen LogP contribution in [-0.4, -0.2) is 28.5 Å². The van der Waals surface area contributed by atoms with Crippen LogP contribution < -0.4 is 0 Å². The van der Waals surface area contributed by atoms with Crippen molar-refractivity contribution in [3.05, 3.63) is 22.4 Å². The summed E-state index contributed by atoms with van der Waals surface area (Å²) in [7, 11) is 0. The topological polar surface area (TPSA) is 25.2 Å². The highest BCUT2D eigenvalue weighted by Crippen LogP contribution is 2.38. The molecular formula is C16H23BrN2O. The predicted molar refractivity (Wildman–Crippen MR) is 83.9 cm³/mol. The molecule has 1 amide bonds. The Bertz CT molecular complexity index is 493. The minimum absolute atomic E-state index is 0.222. The molecule has 110 valence electrons. The summed E-state index contributed by atoms with van der Waals surface area (Å²) in [6.45, 7) is 4.10. The maximum Gasteiger partial charge on any atom is 0.270 e. The summed E-state index contributed by atoms with van der Waals surface area (Å²) in [5.41, 5.74) is 0.870. The minimum Gasteiger partial charge on any atom is -0.339 e. The molecule has 2 aliphatic rings. The van der Waals surface area contributed by atoms with Gasteiger partial charge in [0.05, 0.1) is 0 Å². The normalized spacial score (nSPS) is 23.7. The molecule has 1 saturated heterocycles. The SMILES string of the molecule is CCC1CCCN(C(=O)c2cc(Br)cn2C2CC2)CC1. The van der Waals surface area contributed by atoms with Crippen LogP contribution >= 0.6 is 15.9 Å². The highest BCUT2D eigenvalue weighted by Gasteiger charge is 2.30. The summed E-state index contributed by atoms with van der Waals surface area (Å²) in [6, 6.07) is 2.54. The molecule has 1 unspecified atom stereocenters. The van der Waals surface area contributed by atoms with Gasteiger partial charge in [-0.15, -0.1) is 0 Å². The molecule has 2 fully saturated rings. The smallest absolute Gasteiger partial charge is 0.270 e. The van der Waals surface area contributed by atoms with Crippen molar-refractivity contribution in [2.75, 3.05) is 13.1 Å². The lowest BCUT2D eigenvalue weighted by Gasteiger charge is -2.21. The van der Waals surface area contributed by atoms with Gasteiger partial charge in [-0.05, 0) is 60.0 Å². The van der Waals surface area contributed by atoms with E-state index in [9.17, 15) is 4.79 Å². The van der Waals surface area contributed by atoms with Crippen LogP contribution in [0, 0.1) is 5.92 Å². The van der Waals surface area contributed by atoms with E-state index in [-0.39, 0.29) is 5.91 Å². The molecule has 0 spiro atoms. The standard InChI is InChI=1S/C16H23BrN2O/c1-2-12-4-3-8-18(9-7-12)16(20)15-10-13(17)11-19(15)14-5-6-14/h10-12,14H,2-9H2,1H3. The van der Waals surface area contributed by atoms with E-state index in [1.165, 1.54) is 25.7 Å². The molecule has 0 N–H and O–H groups in total. The predicted octanol–water partition coefficient (Wildman–Crippen LogP) is 4.24. The molecule has 0 radical (unpaired) electrons. The van der Waals surface area contributed by atoms with Gasteiger partial charge in [-0.3, -0.25) is 4.79 Å². The fourth-order valence-electron chi connectivity index (χ4n) is 3.21. The van der Waals surface area contributed by atoms with Gasteiger partial charge in [-0.1, -0.05) is 13.3 Å². The Hall–Kier alpha value is -0.770. The van der Waals surface area contributed by atoms with Gasteiger partial charge in [0.15, 0.2) is 0 Å². The molecule has 20 heavy (non-hydrogen) atoms. The summed E-state index contributed by atoms with van der Waals surface area (Å²) in [5, 5.41) is 0. The average Bonchev–Trinajstić information content (AvgIpc) is 3.24. The highest BCUT2D eigenvalue weighted by molar-refractivity contribution is 9.10. The van der Waals surface area contributed by atoms with E-state index in [0.717, 1.165) is 42.0 Å². The third-order valence-electron chi connectivity index (χ3n) is 4.69. The number of carbonyl (C=O) groups excluding carboxylic acids is 1. The molecule has 1 aromatic rings. The maximum absolute atomic E-state index is 12.8. The first-order valence-corrected chi connectivity index (χ1v) is 8.65. The molecule has 2 heterocycles. The first-order valence-electron chi connectivity index (χ1n) is 7.85. The van der Waals surface area contributed by atoms with Gasteiger partial charge in [0.2, 0.25) is 0 Å². The number of amides is 1. The Balaban J connectivity index is 1.75. The Labute approximate surface area is 129 Å². The monoisotopic (exact) mass is 338 g/mol. The van der Waals surface area contributed by atoms with Crippen LogP contribution in [0.2, 0.25) is 0 Å². The first kappa shape index (κ1) is 14.2. The largest absolute Gasteiger partial charge is 0.339 e. The summed E-state index contributed by atoms with van der Waals surface area (Å²) in [4.78, 5) is 14.9. The molecule has 1 aliphatic heterocycles. The van der Waals surface area contributed by atoms with Crippen molar-refractivity contribution in [3.8, 4) is 0 Å². The number of carbonyl (C=O) groups is 1. The van der Waals surface area contributed by atoms with Crippen LogP contribution in [0.5, 0.6) is 0 Å². The first-order chi connectivity index (χ1) is 9.69. The van der Waals surface area contributed by atoms with Crippen molar-refractivity contribution in [2.45, 2.75) is 51.5 Å². The van der Waals surface area contributed by atoms with Crippen molar-refractivity contribution in [1.82, 2.24) is 9.47 Å². The number of rotatable bonds is 3. The zero-order valence-electron chi connectivity index (χ0n) is 12.1. The summed E-state index contributed by atoms with van der Waals surface area (Å²) < 4.78 is 3.20. The quantitative estimate of drug-likeness (QED) is 0.809. The van der Waals surface area contributed by atoms with E-state index in [4.69, 9.17) is 0 Å². The zero-order valence-corrected chi connectivity index (χ0v) is 13.7. The van der Waals surface area contributed by atoms with Crippen LogP contribution in [0.15, 0.2) is 16.7 Å². The third kappa shape index (κ3) is 2.95. The molecule has 3 nitrogen and oxygen atoms in total. The molecule has 4 heteroatoms. The summed E-state index contributed by atoms with van der Waals surface area (Å²) in [5.74, 6) is 1.02. The van der Waals surface area contributed by atoms with Crippen molar-refractivity contribution in [2.24, 2.45) is 5.92 Å².